The number of allylic oxidation sites excluding steroid dienone is 1. The summed E-state index contributed by atoms with van der Waals surface area (Å²) in [7, 11) is 0. The lowest BCUT2D eigenvalue weighted by Crippen LogP contribution is -2.18. The minimum absolute atomic E-state index is 0.179. The summed E-state index contributed by atoms with van der Waals surface area (Å²) >= 11 is 1.38. The van der Waals surface area contributed by atoms with E-state index in [0.29, 0.717) is 0 Å². The standard InChI is InChI=1S/C11H17N3OS/c1-2-5-8-11(16-14-13-8)10(12)9-6-3-4-7-15-9/h6,10H,2-5,7,12H2,1H3. The van der Waals surface area contributed by atoms with Crippen molar-refractivity contribution in [2.45, 2.75) is 38.6 Å². The van der Waals surface area contributed by atoms with Gasteiger partial charge in [0.1, 0.15) is 11.8 Å². The summed E-state index contributed by atoms with van der Waals surface area (Å²) in [6.07, 6.45) is 6.22. The molecule has 0 radical (unpaired) electrons. The van der Waals surface area contributed by atoms with Crippen molar-refractivity contribution in [1.29, 1.82) is 0 Å². The highest BCUT2D eigenvalue weighted by Crippen LogP contribution is 2.28. The van der Waals surface area contributed by atoms with Crippen molar-refractivity contribution in [2.24, 2.45) is 5.73 Å². The molecule has 2 heterocycles. The average molecular weight is 239 g/mol. The fourth-order valence-electron chi connectivity index (χ4n) is 1.78. The van der Waals surface area contributed by atoms with Gasteiger partial charge in [-0.05, 0) is 36.9 Å². The predicted molar refractivity (Wildman–Crippen MR) is 64.1 cm³/mol. The van der Waals surface area contributed by atoms with Crippen LogP contribution in [0.25, 0.3) is 0 Å². The van der Waals surface area contributed by atoms with Crippen LogP contribution in [0.1, 0.15) is 42.8 Å². The molecule has 1 aliphatic heterocycles. The van der Waals surface area contributed by atoms with Gasteiger partial charge in [0.05, 0.1) is 17.2 Å². The summed E-state index contributed by atoms with van der Waals surface area (Å²) in [5, 5.41) is 4.13. The highest BCUT2D eigenvalue weighted by Gasteiger charge is 2.21. The van der Waals surface area contributed by atoms with Gasteiger partial charge in [-0.25, -0.2) is 0 Å². The molecule has 0 amide bonds. The first-order valence-electron chi connectivity index (χ1n) is 5.72. The van der Waals surface area contributed by atoms with E-state index in [9.17, 15) is 0 Å². The highest BCUT2D eigenvalue weighted by atomic mass is 32.1. The van der Waals surface area contributed by atoms with Gasteiger partial charge in [-0.2, -0.15) is 0 Å². The fraction of sp³-hybridized carbons (Fsp3) is 0.636. The van der Waals surface area contributed by atoms with E-state index in [2.05, 4.69) is 22.6 Å². The minimum Gasteiger partial charge on any atom is -0.496 e. The molecule has 0 aliphatic carbocycles. The van der Waals surface area contributed by atoms with E-state index in [-0.39, 0.29) is 6.04 Å². The smallest absolute Gasteiger partial charge is 0.114 e. The summed E-state index contributed by atoms with van der Waals surface area (Å²) < 4.78 is 9.57. The van der Waals surface area contributed by atoms with Gasteiger partial charge in [0, 0.05) is 0 Å². The normalized spacial score (nSPS) is 17.8. The zero-order valence-electron chi connectivity index (χ0n) is 9.48. The number of ether oxygens (including phenoxy) is 1. The Labute approximate surface area is 99.7 Å². The van der Waals surface area contributed by atoms with Crippen LogP contribution in [0.5, 0.6) is 0 Å². The first-order chi connectivity index (χ1) is 7.83. The van der Waals surface area contributed by atoms with Gasteiger partial charge >= 0.3 is 0 Å². The first-order valence-corrected chi connectivity index (χ1v) is 6.49. The molecule has 0 saturated heterocycles. The lowest BCUT2D eigenvalue weighted by Gasteiger charge is -2.19. The molecule has 1 aromatic rings. The molecule has 0 saturated carbocycles. The summed E-state index contributed by atoms with van der Waals surface area (Å²) in [6.45, 7) is 2.90. The molecule has 1 aromatic heterocycles. The third-order valence-corrected chi connectivity index (χ3v) is 3.47. The van der Waals surface area contributed by atoms with Gasteiger partial charge in [-0.3, -0.25) is 0 Å². The molecule has 1 aliphatic rings. The van der Waals surface area contributed by atoms with Crippen molar-refractivity contribution < 1.29 is 4.74 Å². The molecule has 2 rings (SSSR count). The molecule has 1 unspecified atom stereocenters. The van der Waals surface area contributed by atoms with Crippen molar-refractivity contribution >= 4 is 11.5 Å². The highest BCUT2D eigenvalue weighted by molar-refractivity contribution is 7.05. The van der Waals surface area contributed by atoms with Crippen LogP contribution in [0, 0.1) is 0 Å². The molecule has 0 fully saturated rings. The zero-order chi connectivity index (χ0) is 11.4. The minimum atomic E-state index is -0.179. The molecule has 0 spiro atoms. The van der Waals surface area contributed by atoms with Gasteiger partial charge in [-0.1, -0.05) is 17.8 Å². The Kier molecular flexibility index (Phi) is 3.90. The third-order valence-electron chi connectivity index (χ3n) is 2.62. The molecule has 0 bridgehead atoms. The number of nitrogens with zero attached hydrogens (tertiary/aromatic N) is 2. The fourth-order valence-corrected chi connectivity index (χ4v) is 2.49. The van der Waals surface area contributed by atoms with E-state index in [1.807, 2.05) is 0 Å². The molecule has 88 valence electrons. The largest absolute Gasteiger partial charge is 0.496 e. The molecule has 16 heavy (non-hydrogen) atoms. The topological polar surface area (TPSA) is 61.0 Å². The second kappa shape index (κ2) is 5.41. The Morgan fingerprint density at radius 3 is 3.19 bits per heavy atom. The second-order valence-electron chi connectivity index (χ2n) is 3.91. The summed E-state index contributed by atoms with van der Waals surface area (Å²) in [6, 6.07) is -0.179. The Morgan fingerprint density at radius 1 is 1.62 bits per heavy atom. The predicted octanol–water partition coefficient (Wildman–Crippen LogP) is 2.18. The van der Waals surface area contributed by atoms with Gasteiger partial charge in [0.2, 0.25) is 0 Å². The maximum absolute atomic E-state index is 6.18. The molecule has 4 nitrogen and oxygen atoms in total. The van der Waals surface area contributed by atoms with Crippen molar-refractivity contribution in [2.75, 3.05) is 6.61 Å². The van der Waals surface area contributed by atoms with E-state index in [4.69, 9.17) is 10.5 Å². The van der Waals surface area contributed by atoms with E-state index in [1.165, 1.54) is 11.5 Å². The summed E-state index contributed by atoms with van der Waals surface area (Å²) in [5.74, 6) is 0.884. The molecule has 1 atom stereocenters. The number of hydrogen-bond donors (Lipinski definition) is 1. The second-order valence-corrected chi connectivity index (χ2v) is 4.69. The van der Waals surface area contributed by atoms with E-state index >= 15 is 0 Å². The lowest BCUT2D eigenvalue weighted by molar-refractivity contribution is 0.176. The van der Waals surface area contributed by atoms with Crippen LogP contribution in [-0.2, 0) is 11.2 Å². The average Bonchev–Trinajstić information content (AvgIpc) is 2.78. The Balaban J connectivity index is 2.15. The third kappa shape index (κ3) is 2.41. The van der Waals surface area contributed by atoms with Gasteiger partial charge in [0.15, 0.2) is 0 Å². The maximum Gasteiger partial charge on any atom is 0.114 e. The summed E-state index contributed by atoms with van der Waals surface area (Å²) in [5.41, 5.74) is 7.21. The first kappa shape index (κ1) is 11.5. The van der Waals surface area contributed by atoms with Crippen molar-refractivity contribution in [3.8, 4) is 0 Å². The zero-order valence-corrected chi connectivity index (χ0v) is 10.3. The number of hydrogen-bond acceptors (Lipinski definition) is 5. The van der Waals surface area contributed by atoms with Crippen LogP contribution in [0.2, 0.25) is 0 Å². The van der Waals surface area contributed by atoms with Crippen LogP contribution < -0.4 is 5.73 Å². The monoisotopic (exact) mass is 239 g/mol. The number of aromatic nitrogens is 2. The number of nitrogens with two attached hydrogens (primary N) is 1. The Hall–Kier alpha value is -0.940. The van der Waals surface area contributed by atoms with Crippen LogP contribution in [0.4, 0.5) is 0 Å². The van der Waals surface area contributed by atoms with Crippen LogP contribution in [0.3, 0.4) is 0 Å². The maximum atomic E-state index is 6.18. The molecule has 5 heteroatoms. The Morgan fingerprint density at radius 2 is 2.50 bits per heavy atom. The van der Waals surface area contributed by atoms with E-state index < -0.39 is 0 Å². The van der Waals surface area contributed by atoms with Gasteiger partial charge < -0.3 is 10.5 Å². The molecular formula is C11H17N3OS. The number of aryl methyl sites for hydroxylation is 1. The molecule has 2 N–H and O–H groups in total. The van der Waals surface area contributed by atoms with E-state index in [1.54, 1.807) is 0 Å². The van der Waals surface area contributed by atoms with Crippen LogP contribution in [0.15, 0.2) is 11.8 Å². The van der Waals surface area contributed by atoms with Crippen LogP contribution in [-0.4, -0.2) is 16.2 Å². The quantitative estimate of drug-likeness (QED) is 0.875. The van der Waals surface area contributed by atoms with Crippen molar-refractivity contribution in [3.63, 3.8) is 0 Å². The van der Waals surface area contributed by atoms with Crippen molar-refractivity contribution in [3.05, 3.63) is 22.4 Å². The van der Waals surface area contributed by atoms with Gasteiger partial charge in [0.25, 0.3) is 0 Å². The SMILES string of the molecule is CCCc1nnsc1C(N)C1=CCCCO1. The lowest BCUT2D eigenvalue weighted by atomic mass is 10.1. The molecular weight excluding hydrogens is 222 g/mol. The molecule has 0 aromatic carbocycles. The number of rotatable bonds is 4. The van der Waals surface area contributed by atoms with Gasteiger partial charge in [-0.15, -0.1) is 5.10 Å². The van der Waals surface area contributed by atoms with Crippen LogP contribution >= 0.6 is 11.5 Å². The van der Waals surface area contributed by atoms with Crippen molar-refractivity contribution in [1.82, 2.24) is 9.59 Å². The van der Waals surface area contributed by atoms with E-state index in [0.717, 1.165) is 48.6 Å². The Bertz CT molecular complexity index is 375. The summed E-state index contributed by atoms with van der Waals surface area (Å²) in [4.78, 5) is 1.05.